The third-order valence-electron chi connectivity index (χ3n) is 3.40. The van der Waals surface area contributed by atoms with Gasteiger partial charge in [0.25, 0.3) is 0 Å². The largest absolute Gasteiger partial charge is 0.354 e. The van der Waals surface area contributed by atoms with Crippen molar-refractivity contribution >= 4 is 35.2 Å². The summed E-state index contributed by atoms with van der Waals surface area (Å²) in [7, 11) is 2.67. The molecule has 2 aliphatic rings. The number of sulfonamides is 1. The van der Waals surface area contributed by atoms with Crippen LogP contribution in [0, 0.1) is 0 Å². The molecular formula is C12H15BN4O2S. The quantitative estimate of drug-likeness (QED) is 0.755. The number of fused-ring (bicyclic) bond motifs is 1. The first kappa shape index (κ1) is 13.3. The molecular weight excluding hydrogens is 275 g/mol. The Kier molecular flexibility index (Phi) is 3.12. The van der Waals surface area contributed by atoms with Crippen molar-refractivity contribution in [3.63, 3.8) is 0 Å². The van der Waals surface area contributed by atoms with Gasteiger partial charge in [0.1, 0.15) is 0 Å². The molecule has 2 heterocycles. The molecule has 1 unspecified atom stereocenters. The second kappa shape index (κ2) is 4.69. The second-order valence-electron chi connectivity index (χ2n) is 4.96. The SMILES string of the molecule is [B]C1CN(S(C)(=O)=O)c2cc(NC3=NCCN3)ccc21. The molecule has 2 radical (unpaired) electrons. The molecule has 0 bridgehead atoms. The van der Waals surface area contributed by atoms with Crippen LogP contribution in [0.3, 0.4) is 0 Å². The first-order valence-electron chi connectivity index (χ1n) is 6.38. The van der Waals surface area contributed by atoms with Crippen molar-refractivity contribution < 1.29 is 8.42 Å². The lowest BCUT2D eigenvalue weighted by atomic mass is 9.83. The van der Waals surface area contributed by atoms with Crippen LogP contribution in [0.5, 0.6) is 0 Å². The maximum absolute atomic E-state index is 11.8. The lowest BCUT2D eigenvalue weighted by Crippen LogP contribution is -2.29. The average molecular weight is 290 g/mol. The molecule has 1 aromatic carbocycles. The highest BCUT2D eigenvalue weighted by Crippen LogP contribution is 2.37. The van der Waals surface area contributed by atoms with Gasteiger partial charge in [-0.05, 0) is 23.5 Å². The molecule has 0 saturated heterocycles. The minimum absolute atomic E-state index is 0.282. The molecule has 20 heavy (non-hydrogen) atoms. The van der Waals surface area contributed by atoms with E-state index < -0.39 is 10.0 Å². The normalized spacial score (nSPS) is 21.4. The molecule has 0 fully saturated rings. The summed E-state index contributed by atoms with van der Waals surface area (Å²) < 4.78 is 25.0. The highest BCUT2D eigenvalue weighted by molar-refractivity contribution is 7.92. The lowest BCUT2D eigenvalue weighted by Gasteiger charge is -2.17. The van der Waals surface area contributed by atoms with Gasteiger partial charge in [-0.25, -0.2) is 8.42 Å². The zero-order valence-corrected chi connectivity index (χ0v) is 11.9. The third kappa shape index (κ3) is 2.35. The van der Waals surface area contributed by atoms with Gasteiger partial charge in [-0.3, -0.25) is 9.30 Å². The Hall–Kier alpha value is -1.70. The summed E-state index contributed by atoms with van der Waals surface area (Å²) in [5, 5.41) is 6.24. The fourth-order valence-electron chi connectivity index (χ4n) is 2.46. The van der Waals surface area contributed by atoms with E-state index in [1.807, 2.05) is 12.1 Å². The molecule has 0 aliphatic carbocycles. The minimum Gasteiger partial charge on any atom is -0.354 e. The molecule has 2 aliphatic heterocycles. The van der Waals surface area contributed by atoms with E-state index in [1.54, 1.807) is 6.07 Å². The van der Waals surface area contributed by atoms with E-state index in [0.29, 0.717) is 11.6 Å². The summed E-state index contributed by atoms with van der Waals surface area (Å²) in [6.45, 7) is 1.85. The van der Waals surface area contributed by atoms with Gasteiger partial charge in [0, 0.05) is 18.8 Å². The van der Waals surface area contributed by atoms with Crippen molar-refractivity contribution in [3.05, 3.63) is 23.8 Å². The van der Waals surface area contributed by atoms with Crippen LogP contribution in [-0.4, -0.2) is 48.1 Å². The summed E-state index contributed by atoms with van der Waals surface area (Å²) in [4.78, 5) is 4.25. The van der Waals surface area contributed by atoms with Crippen LogP contribution in [0.15, 0.2) is 23.2 Å². The maximum atomic E-state index is 11.8. The van der Waals surface area contributed by atoms with E-state index in [9.17, 15) is 8.42 Å². The maximum Gasteiger partial charge on any atom is 0.232 e. The second-order valence-corrected chi connectivity index (χ2v) is 6.86. The Morgan fingerprint density at radius 2 is 2.30 bits per heavy atom. The number of rotatable bonds is 2. The first-order chi connectivity index (χ1) is 9.45. The highest BCUT2D eigenvalue weighted by atomic mass is 32.2. The zero-order chi connectivity index (χ0) is 14.3. The molecule has 0 aromatic heterocycles. The number of guanidine groups is 1. The molecule has 0 amide bonds. The van der Waals surface area contributed by atoms with Crippen LogP contribution in [0.2, 0.25) is 0 Å². The van der Waals surface area contributed by atoms with E-state index in [4.69, 9.17) is 7.85 Å². The van der Waals surface area contributed by atoms with Gasteiger partial charge in [0.2, 0.25) is 10.0 Å². The van der Waals surface area contributed by atoms with Gasteiger partial charge in [-0.1, -0.05) is 6.07 Å². The molecule has 3 rings (SSSR count). The number of hydrogen-bond acceptors (Lipinski definition) is 5. The van der Waals surface area contributed by atoms with E-state index in [1.165, 1.54) is 10.6 Å². The van der Waals surface area contributed by atoms with Crippen molar-refractivity contribution in [1.82, 2.24) is 5.32 Å². The summed E-state index contributed by atoms with van der Waals surface area (Å²) in [6, 6.07) is 5.54. The molecule has 1 atom stereocenters. The average Bonchev–Trinajstić information content (AvgIpc) is 2.97. The predicted molar refractivity (Wildman–Crippen MR) is 81.1 cm³/mol. The Labute approximate surface area is 119 Å². The molecule has 6 nitrogen and oxygen atoms in total. The number of anilines is 2. The van der Waals surface area contributed by atoms with Crippen LogP contribution in [0.4, 0.5) is 11.4 Å². The van der Waals surface area contributed by atoms with Gasteiger partial charge in [0.05, 0.1) is 26.3 Å². The van der Waals surface area contributed by atoms with Crippen LogP contribution >= 0.6 is 0 Å². The molecule has 8 heteroatoms. The Morgan fingerprint density at radius 1 is 1.50 bits per heavy atom. The Morgan fingerprint density at radius 3 is 2.95 bits per heavy atom. The molecule has 2 N–H and O–H groups in total. The van der Waals surface area contributed by atoms with Crippen molar-refractivity contribution in [2.45, 2.75) is 5.82 Å². The number of nitrogens with zero attached hydrogens (tertiary/aromatic N) is 2. The van der Waals surface area contributed by atoms with Gasteiger partial charge in [-0.2, -0.15) is 0 Å². The molecule has 0 spiro atoms. The molecule has 0 saturated carbocycles. The van der Waals surface area contributed by atoms with Gasteiger partial charge >= 0.3 is 0 Å². The van der Waals surface area contributed by atoms with Crippen molar-refractivity contribution in [3.8, 4) is 0 Å². The summed E-state index contributed by atoms with van der Waals surface area (Å²) in [5.74, 6) is 0.425. The fraction of sp³-hybridized carbons (Fsp3) is 0.417. The number of aliphatic imine (C=N–C) groups is 1. The van der Waals surface area contributed by atoms with Crippen LogP contribution < -0.4 is 14.9 Å². The van der Waals surface area contributed by atoms with E-state index in [0.717, 1.165) is 24.3 Å². The van der Waals surface area contributed by atoms with Gasteiger partial charge in [0.15, 0.2) is 5.96 Å². The molecule has 1 aromatic rings. The minimum atomic E-state index is -3.31. The van der Waals surface area contributed by atoms with Crippen LogP contribution in [0.1, 0.15) is 11.4 Å². The number of hydrogen-bond donors (Lipinski definition) is 2. The summed E-state index contributed by atoms with van der Waals surface area (Å²) >= 11 is 0. The molecule has 104 valence electrons. The highest BCUT2D eigenvalue weighted by Gasteiger charge is 2.31. The topological polar surface area (TPSA) is 73.8 Å². The number of benzene rings is 1. The predicted octanol–water partition coefficient (Wildman–Crippen LogP) is 0.0469. The van der Waals surface area contributed by atoms with Crippen molar-refractivity contribution in [2.75, 3.05) is 35.5 Å². The monoisotopic (exact) mass is 290 g/mol. The van der Waals surface area contributed by atoms with E-state index in [-0.39, 0.29) is 12.4 Å². The van der Waals surface area contributed by atoms with E-state index >= 15 is 0 Å². The smallest absolute Gasteiger partial charge is 0.232 e. The van der Waals surface area contributed by atoms with Gasteiger partial charge < -0.3 is 10.6 Å². The van der Waals surface area contributed by atoms with Crippen molar-refractivity contribution in [1.29, 1.82) is 0 Å². The number of nitrogens with one attached hydrogen (secondary N) is 2. The summed E-state index contributed by atoms with van der Waals surface area (Å²) in [5.41, 5.74) is 2.28. The van der Waals surface area contributed by atoms with Crippen LogP contribution in [-0.2, 0) is 10.0 Å². The van der Waals surface area contributed by atoms with Crippen LogP contribution in [0.25, 0.3) is 0 Å². The standard InChI is InChI=1S/C12H15BN4O2S/c1-20(18,19)17-7-10(13)9-3-2-8(6-11(9)17)16-12-14-4-5-15-12/h2-3,6,10H,4-5,7H2,1H3,(H2,14,15,16). The summed E-state index contributed by atoms with van der Waals surface area (Å²) in [6.07, 6.45) is 1.19. The zero-order valence-electron chi connectivity index (χ0n) is 11.1. The third-order valence-corrected chi connectivity index (χ3v) is 4.54. The lowest BCUT2D eigenvalue weighted by molar-refractivity contribution is 0.598. The van der Waals surface area contributed by atoms with Crippen molar-refractivity contribution in [2.24, 2.45) is 4.99 Å². The fourth-order valence-corrected chi connectivity index (χ4v) is 3.41. The van der Waals surface area contributed by atoms with Gasteiger partial charge in [-0.15, -0.1) is 0 Å². The first-order valence-corrected chi connectivity index (χ1v) is 8.22. The van der Waals surface area contributed by atoms with E-state index in [2.05, 4.69) is 15.6 Å². The Balaban J connectivity index is 1.94. The Bertz CT molecular complexity index is 674.